The molecule has 19 heavy (non-hydrogen) atoms. The topological polar surface area (TPSA) is 44.4 Å². The largest absolute Gasteiger partial charge is 0.337 e. The molecule has 5 heteroatoms. The van der Waals surface area contributed by atoms with Gasteiger partial charge in [0.25, 0.3) is 0 Å². The fourth-order valence-corrected chi connectivity index (χ4v) is 2.21. The van der Waals surface area contributed by atoms with Crippen LogP contribution < -0.4 is 10.6 Å². The van der Waals surface area contributed by atoms with Crippen LogP contribution in [0.15, 0.2) is 28.7 Å². The monoisotopic (exact) mass is 327 g/mol. The van der Waals surface area contributed by atoms with E-state index < -0.39 is 0 Å². The SMILES string of the molecule is CCN(CC)CCNC(=O)NCc1cccc(Br)c1. The second-order valence-electron chi connectivity index (χ2n) is 4.27. The first kappa shape index (κ1) is 16.0. The van der Waals surface area contributed by atoms with Crippen LogP contribution in [0.2, 0.25) is 0 Å². The predicted molar refractivity (Wildman–Crippen MR) is 82.2 cm³/mol. The van der Waals surface area contributed by atoms with E-state index in [1.807, 2.05) is 24.3 Å². The summed E-state index contributed by atoms with van der Waals surface area (Å²) in [4.78, 5) is 13.9. The van der Waals surface area contributed by atoms with Crippen molar-refractivity contribution in [1.29, 1.82) is 0 Å². The van der Waals surface area contributed by atoms with Crippen LogP contribution in [0.25, 0.3) is 0 Å². The molecule has 0 unspecified atom stereocenters. The number of carbonyl (C=O) groups excluding carboxylic acids is 1. The number of hydrogen-bond acceptors (Lipinski definition) is 2. The van der Waals surface area contributed by atoms with Crippen molar-refractivity contribution < 1.29 is 4.79 Å². The minimum Gasteiger partial charge on any atom is -0.337 e. The first-order valence-electron chi connectivity index (χ1n) is 6.64. The average Bonchev–Trinajstić information content (AvgIpc) is 2.41. The molecule has 0 aliphatic rings. The van der Waals surface area contributed by atoms with Crippen LogP contribution in [0.1, 0.15) is 19.4 Å². The van der Waals surface area contributed by atoms with E-state index in [0.717, 1.165) is 29.7 Å². The maximum absolute atomic E-state index is 11.6. The Morgan fingerprint density at radius 2 is 2.00 bits per heavy atom. The second-order valence-corrected chi connectivity index (χ2v) is 5.18. The summed E-state index contributed by atoms with van der Waals surface area (Å²) in [6.45, 7) is 8.36. The van der Waals surface area contributed by atoms with Gasteiger partial charge >= 0.3 is 6.03 Å². The zero-order valence-electron chi connectivity index (χ0n) is 11.6. The molecule has 2 N–H and O–H groups in total. The highest BCUT2D eigenvalue weighted by Gasteiger charge is 2.02. The summed E-state index contributed by atoms with van der Waals surface area (Å²) in [5.41, 5.74) is 1.08. The molecule has 1 rings (SSSR count). The van der Waals surface area contributed by atoms with Gasteiger partial charge < -0.3 is 15.5 Å². The number of hydrogen-bond donors (Lipinski definition) is 2. The number of amides is 2. The molecule has 0 saturated heterocycles. The fraction of sp³-hybridized carbons (Fsp3) is 0.500. The highest BCUT2D eigenvalue weighted by molar-refractivity contribution is 9.10. The summed E-state index contributed by atoms with van der Waals surface area (Å²) < 4.78 is 1.02. The third-order valence-electron chi connectivity index (χ3n) is 2.95. The summed E-state index contributed by atoms with van der Waals surface area (Å²) in [7, 11) is 0. The van der Waals surface area contributed by atoms with Gasteiger partial charge in [-0.15, -0.1) is 0 Å². The van der Waals surface area contributed by atoms with E-state index in [1.54, 1.807) is 0 Å². The molecule has 0 radical (unpaired) electrons. The molecule has 0 aliphatic carbocycles. The second kappa shape index (κ2) is 8.93. The first-order valence-corrected chi connectivity index (χ1v) is 7.43. The highest BCUT2D eigenvalue weighted by Crippen LogP contribution is 2.11. The number of carbonyl (C=O) groups is 1. The number of nitrogens with zero attached hydrogens (tertiary/aromatic N) is 1. The van der Waals surface area contributed by atoms with E-state index in [1.165, 1.54) is 0 Å². The number of rotatable bonds is 7. The molecule has 0 atom stereocenters. The van der Waals surface area contributed by atoms with E-state index in [9.17, 15) is 4.79 Å². The van der Waals surface area contributed by atoms with Gasteiger partial charge in [-0.1, -0.05) is 41.9 Å². The third kappa shape index (κ3) is 6.59. The summed E-state index contributed by atoms with van der Waals surface area (Å²) in [6, 6.07) is 7.79. The van der Waals surface area contributed by atoms with E-state index in [2.05, 4.69) is 45.3 Å². The number of urea groups is 1. The molecule has 0 heterocycles. The van der Waals surface area contributed by atoms with E-state index in [-0.39, 0.29) is 6.03 Å². The summed E-state index contributed by atoms with van der Waals surface area (Å²) in [5, 5.41) is 5.71. The van der Waals surface area contributed by atoms with Gasteiger partial charge in [-0.05, 0) is 30.8 Å². The average molecular weight is 328 g/mol. The van der Waals surface area contributed by atoms with Gasteiger partial charge in [-0.2, -0.15) is 0 Å². The molecule has 106 valence electrons. The molecule has 0 bridgehead atoms. The lowest BCUT2D eigenvalue weighted by atomic mass is 10.2. The van der Waals surface area contributed by atoms with E-state index in [4.69, 9.17) is 0 Å². The predicted octanol–water partition coefficient (Wildman–Crippen LogP) is 2.59. The lowest BCUT2D eigenvalue weighted by Gasteiger charge is -2.18. The Balaban J connectivity index is 2.21. The van der Waals surface area contributed by atoms with E-state index in [0.29, 0.717) is 13.1 Å². The van der Waals surface area contributed by atoms with E-state index >= 15 is 0 Å². The van der Waals surface area contributed by atoms with Gasteiger partial charge in [-0.3, -0.25) is 0 Å². The molecule has 2 amide bonds. The summed E-state index contributed by atoms with van der Waals surface area (Å²) >= 11 is 3.41. The number of nitrogens with one attached hydrogen (secondary N) is 2. The molecular weight excluding hydrogens is 306 g/mol. The van der Waals surface area contributed by atoms with Crippen molar-refractivity contribution >= 4 is 22.0 Å². The molecule has 0 saturated carbocycles. The maximum Gasteiger partial charge on any atom is 0.315 e. The van der Waals surface area contributed by atoms with Gasteiger partial charge in [-0.25, -0.2) is 4.79 Å². The van der Waals surface area contributed by atoms with Gasteiger partial charge in [0, 0.05) is 24.1 Å². The quantitative estimate of drug-likeness (QED) is 0.808. The minimum absolute atomic E-state index is 0.118. The lowest BCUT2D eigenvalue weighted by Crippen LogP contribution is -2.40. The van der Waals surface area contributed by atoms with Gasteiger partial charge in [0.05, 0.1) is 0 Å². The maximum atomic E-state index is 11.6. The van der Waals surface area contributed by atoms with Crippen molar-refractivity contribution in [1.82, 2.24) is 15.5 Å². The molecule has 1 aromatic rings. The highest BCUT2D eigenvalue weighted by atomic mass is 79.9. The smallest absolute Gasteiger partial charge is 0.315 e. The molecule has 0 spiro atoms. The van der Waals surface area contributed by atoms with Crippen molar-refractivity contribution in [3.05, 3.63) is 34.3 Å². The van der Waals surface area contributed by atoms with Crippen LogP contribution >= 0.6 is 15.9 Å². The zero-order chi connectivity index (χ0) is 14.1. The molecule has 0 aromatic heterocycles. The standard InChI is InChI=1S/C14H22BrN3O/c1-3-18(4-2)9-8-16-14(19)17-11-12-6-5-7-13(15)10-12/h5-7,10H,3-4,8-9,11H2,1-2H3,(H2,16,17,19). The first-order chi connectivity index (χ1) is 9.15. The van der Waals surface area contributed by atoms with Crippen LogP contribution in [0, 0.1) is 0 Å². The lowest BCUT2D eigenvalue weighted by molar-refractivity contribution is 0.236. The number of halogens is 1. The Morgan fingerprint density at radius 3 is 2.63 bits per heavy atom. The van der Waals surface area contributed by atoms with Gasteiger partial charge in [0.1, 0.15) is 0 Å². The van der Waals surface area contributed by atoms with Crippen LogP contribution in [-0.4, -0.2) is 37.1 Å². The van der Waals surface area contributed by atoms with Crippen molar-refractivity contribution in [3.8, 4) is 0 Å². The molecule has 1 aromatic carbocycles. The summed E-state index contributed by atoms with van der Waals surface area (Å²) in [5.74, 6) is 0. The van der Waals surface area contributed by atoms with Crippen molar-refractivity contribution in [2.45, 2.75) is 20.4 Å². The van der Waals surface area contributed by atoms with Gasteiger partial charge in [0.15, 0.2) is 0 Å². The van der Waals surface area contributed by atoms with Gasteiger partial charge in [0.2, 0.25) is 0 Å². The Morgan fingerprint density at radius 1 is 1.26 bits per heavy atom. The van der Waals surface area contributed by atoms with Crippen LogP contribution in [0.5, 0.6) is 0 Å². The summed E-state index contributed by atoms with van der Waals surface area (Å²) in [6.07, 6.45) is 0. The van der Waals surface area contributed by atoms with Crippen LogP contribution in [-0.2, 0) is 6.54 Å². The van der Waals surface area contributed by atoms with Crippen molar-refractivity contribution in [3.63, 3.8) is 0 Å². The molecule has 4 nitrogen and oxygen atoms in total. The third-order valence-corrected chi connectivity index (χ3v) is 3.44. The molecule has 0 aliphatic heterocycles. The van der Waals surface area contributed by atoms with Crippen LogP contribution in [0.4, 0.5) is 4.79 Å². The normalized spacial score (nSPS) is 10.5. The van der Waals surface area contributed by atoms with Crippen LogP contribution in [0.3, 0.4) is 0 Å². The number of likely N-dealkylation sites (N-methyl/N-ethyl adjacent to an activating group) is 1. The van der Waals surface area contributed by atoms with Crippen molar-refractivity contribution in [2.75, 3.05) is 26.2 Å². The molecule has 0 fully saturated rings. The van der Waals surface area contributed by atoms with Crippen molar-refractivity contribution in [2.24, 2.45) is 0 Å². The number of benzene rings is 1. The minimum atomic E-state index is -0.118. The zero-order valence-corrected chi connectivity index (χ0v) is 13.2. The molecular formula is C14H22BrN3O. The Kier molecular flexibility index (Phi) is 7.52. The Hall–Kier alpha value is -1.07. The Labute approximate surface area is 123 Å². The fourth-order valence-electron chi connectivity index (χ4n) is 1.76. The Bertz CT molecular complexity index is 394.